The summed E-state index contributed by atoms with van der Waals surface area (Å²) in [7, 11) is 0. The maximum atomic E-state index is 13.3. The van der Waals surface area contributed by atoms with Crippen LogP contribution < -0.4 is 16.0 Å². The van der Waals surface area contributed by atoms with Crippen molar-refractivity contribution in [3.63, 3.8) is 0 Å². The lowest BCUT2D eigenvalue weighted by atomic mass is 10.1. The molecule has 0 aliphatic carbocycles. The van der Waals surface area contributed by atoms with Crippen molar-refractivity contribution in [2.75, 3.05) is 16.4 Å². The average Bonchev–Trinajstić information content (AvgIpc) is 2.98. The van der Waals surface area contributed by atoms with Gasteiger partial charge in [0.25, 0.3) is 17.5 Å². The highest BCUT2D eigenvalue weighted by molar-refractivity contribution is 8.00. The Morgan fingerprint density at radius 1 is 0.857 bits per heavy atom. The molecule has 4 aromatic carbocycles. The lowest BCUT2D eigenvalue weighted by Crippen LogP contribution is -2.30. The summed E-state index contributed by atoms with van der Waals surface area (Å²) in [6.45, 7) is 0. The third-order valence-corrected chi connectivity index (χ3v) is 7.17. The van der Waals surface area contributed by atoms with Gasteiger partial charge in [-0.05, 0) is 72.3 Å². The van der Waals surface area contributed by atoms with Crippen LogP contribution >= 0.6 is 35.0 Å². The van der Waals surface area contributed by atoms with E-state index in [2.05, 4.69) is 16.0 Å². The smallest absolute Gasteiger partial charge is 0.272 e. The Bertz CT molecular complexity index is 1660. The van der Waals surface area contributed by atoms with E-state index < -0.39 is 16.7 Å². The molecule has 0 radical (unpaired) electrons. The van der Waals surface area contributed by atoms with E-state index in [1.54, 1.807) is 72.8 Å². The van der Waals surface area contributed by atoms with Crippen LogP contribution in [0.2, 0.25) is 10.0 Å². The molecule has 0 heterocycles. The number of anilines is 2. The minimum absolute atomic E-state index is 0.0681. The maximum Gasteiger partial charge on any atom is 0.272 e. The number of non-ortho nitro benzene ring substituents is 1. The number of hydrogen-bond donors (Lipinski definition) is 3. The van der Waals surface area contributed by atoms with Gasteiger partial charge < -0.3 is 16.0 Å². The van der Waals surface area contributed by atoms with Crippen LogP contribution in [0.5, 0.6) is 0 Å². The minimum atomic E-state index is -0.617. The molecule has 3 N–H and O–H groups in total. The van der Waals surface area contributed by atoms with E-state index in [0.29, 0.717) is 37.4 Å². The third kappa shape index (κ3) is 8.68. The zero-order valence-corrected chi connectivity index (χ0v) is 24.0. The van der Waals surface area contributed by atoms with Gasteiger partial charge in [-0.2, -0.15) is 0 Å². The fourth-order valence-corrected chi connectivity index (χ4v) is 4.68. The Morgan fingerprint density at radius 3 is 2.31 bits per heavy atom. The van der Waals surface area contributed by atoms with Gasteiger partial charge in [0.2, 0.25) is 5.91 Å². The standard InChI is InChI=1S/C30H22Cl2N4O5S/c31-21-11-14-25(32)26(16-21)34-28(37)18-42-24-8-4-7-22(17-24)33-30(39)27(35-29(38)20-5-2-1-3-6-20)15-19-9-12-23(13-10-19)36(40)41/h1-17H,18H2,(H,33,39)(H,34,37)(H,35,38)/b27-15+. The van der Waals surface area contributed by atoms with Crippen molar-refractivity contribution < 1.29 is 19.3 Å². The molecule has 0 saturated heterocycles. The third-order valence-electron chi connectivity index (χ3n) is 5.61. The molecular formula is C30H22Cl2N4O5S. The lowest BCUT2D eigenvalue weighted by molar-refractivity contribution is -0.384. The first-order valence-electron chi connectivity index (χ1n) is 12.3. The summed E-state index contributed by atoms with van der Waals surface area (Å²) in [5.74, 6) is -1.35. The number of amides is 3. The second kappa shape index (κ2) is 14.3. The monoisotopic (exact) mass is 620 g/mol. The van der Waals surface area contributed by atoms with Crippen molar-refractivity contribution in [2.24, 2.45) is 0 Å². The maximum absolute atomic E-state index is 13.3. The Hall–Kier alpha value is -4.64. The van der Waals surface area contributed by atoms with Crippen LogP contribution in [0.15, 0.2) is 108 Å². The van der Waals surface area contributed by atoms with Gasteiger partial charge in [-0.25, -0.2) is 0 Å². The van der Waals surface area contributed by atoms with Crippen LogP contribution in [0.25, 0.3) is 6.08 Å². The molecule has 4 rings (SSSR count). The Morgan fingerprint density at radius 2 is 1.60 bits per heavy atom. The molecule has 4 aromatic rings. The number of nitrogens with one attached hydrogen (secondary N) is 3. The van der Waals surface area contributed by atoms with Gasteiger partial charge in [0, 0.05) is 33.3 Å². The van der Waals surface area contributed by atoms with E-state index in [1.807, 2.05) is 0 Å². The van der Waals surface area contributed by atoms with Crippen LogP contribution in [0.3, 0.4) is 0 Å². The molecule has 0 fully saturated rings. The quantitative estimate of drug-likeness (QED) is 0.0754. The zero-order valence-electron chi connectivity index (χ0n) is 21.7. The predicted octanol–water partition coefficient (Wildman–Crippen LogP) is 7.04. The number of nitro benzene ring substituents is 1. The number of thioether (sulfide) groups is 1. The van der Waals surface area contributed by atoms with Gasteiger partial charge >= 0.3 is 0 Å². The van der Waals surface area contributed by atoms with Gasteiger partial charge in [-0.3, -0.25) is 24.5 Å². The number of hydrogen-bond acceptors (Lipinski definition) is 6. The fourth-order valence-electron chi connectivity index (χ4n) is 3.59. The van der Waals surface area contributed by atoms with Gasteiger partial charge in [-0.1, -0.05) is 47.5 Å². The van der Waals surface area contributed by atoms with Crippen molar-refractivity contribution in [3.8, 4) is 0 Å². The highest BCUT2D eigenvalue weighted by Crippen LogP contribution is 2.27. The van der Waals surface area contributed by atoms with Crippen LogP contribution in [-0.2, 0) is 9.59 Å². The van der Waals surface area contributed by atoms with Crippen molar-refractivity contribution >= 4 is 75.8 Å². The Balaban J connectivity index is 1.47. The van der Waals surface area contributed by atoms with Gasteiger partial charge in [0.1, 0.15) is 5.70 Å². The summed E-state index contributed by atoms with van der Waals surface area (Å²) in [6.07, 6.45) is 1.42. The van der Waals surface area contributed by atoms with Crippen LogP contribution in [0, 0.1) is 10.1 Å². The molecule has 0 aliphatic heterocycles. The Labute approximate surface area is 255 Å². The molecule has 0 aromatic heterocycles. The number of rotatable bonds is 10. The van der Waals surface area contributed by atoms with Gasteiger partial charge in [0.15, 0.2) is 0 Å². The second-order valence-corrected chi connectivity index (χ2v) is 10.6. The normalized spacial score (nSPS) is 11.0. The van der Waals surface area contributed by atoms with E-state index in [-0.39, 0.29) is 23.0 Å². The fraction of sp³-hybridized carbons (Fsp3) is 0.0333. The zero-order chi connectivity index (χ0) is 30.1. The molecule has 12 heteroatoms. The molecule has 0 unspecified atom stereocenters. The number of carbonyl (C=O) groups excluding carboxylic acids is 3. The van der Waals surface area contributed by atoms with E-state index >= 15 is 0 Å². The number of benzene rings is 4. The molecule has 3 amide bonds. The summed E-state index contributed by atoms with van der Waals surface area (Å²) in [5, 5.41) is 19.9. The topological polar surface area (TPSA) is 130 Å². The average molecular weight is 622 g/mol. The van der Waals surface area contributed by atoms with Gasteiger partial charge in [0.05, 0.1) is 21.4 Å². The molecule has 0 spiro atoms. The molecule has 0 bridgehead atoms. The highest BCUT2D eigenvalue weighted by atomic mass is 35.5. The summed E-state index contributed by atoms with van der Waals surface area (Å²) < 4.78 is 0. The molecule has 42 heavy (non-hydrogen) atoms. The molecular weight excluding hydrogens is 599 g/mol. The lowest BCUT2D eigenvalue weighted by Gasteiger charge is -2.12. The number of nitro groups is 1. The van der Waals surface area contributed by atoms with E-state index in [4.69, 9.17) is 23.2 Å². The molecule has 212 valence electrons. The van der Waals surface area contributed by atoms with E-state index in [9.17, 15) is 24.5 Å². The first-order valence-corrected chi connectivity index (χ1v) is 14.0. The van der Waals surface area contributed by atoms with Crippen LogP contribution in [0.1, 0.15) is 15.9 Å². The summed E-state index contributed by atoms with van der Waals surface area (Å²) in [6, 6.07) is 25.5. The minimum Gasteiger partial charge on any atom is -0.324 e. The van der Waals surface area contributed by atoms with E-state index in [0.717, 1.165) is 0 Å². The van der Waals surface area contributed by atoms with Gasteiger partial charge in [-0.15, -0.1) is 11.8 Å². The van der Waals surface area contributed by atoms with Crippen molar-refractivity contribution in [1.29, 1.82) is 0 Å². The van der Waals surface area contributed by atoms with Crippen molar-refractivity contribution in [1.82, 2.24) is 5.32 Å². The summed E-state index contributed by atoms with van der Waals surface area (Å²) in [5.41, 5.74) is 1.45. The Kier molecular flexibility index (Phi) is 10.3. The SMILES string of the molecule is O=C(CSc1cccc(NC(=O)/C(=C\c2ccc([N+](=O)[O-])cc2)NC(=O)c2ccccc2)c1)Nc1cc(Cl)ccc1Cl. The predicted molar refractivity (Wildman–Crippen MR) is 166 cm³/mol. The first kappa shape index (κ1) is 30.3. The largest absolute Gasteiger partial charge is 0.324 e. The molecule has 0 saturated carbocycles. The van der Waals surface area contributed by atoms with Crippen molar-refractivity contribution in [2.45, 2.75) is 4.90 Å². The number of halogens is 2. The van der Waals surface area contributed by atoms with Crippen LogP contribution in [-0.4, -0.2) is 28.4 Å². The number of carbonyl (C=O) groups is 3. The molecule has 0 atom stereocenters. The summed E-state index contributed by atoms with van der Waals surface area (Å²) in [4.78, 5) is 49.8. The number of nitrogens with zero attached hydrogens (tertiary/aromatic N) is 1. The molecule has 0 aliphatic rings. The molecule has 9 nitrogen and oxygen atoms in total. The van der Waals surface area contributed by atoms with Crippen LogP contribution in [0.4, 0.5) is 17.1 Å². The van der Waals surface area contributed by atoms with Crippen molar-refractivity contribution in [3.05, 3.63) is 134 Å². The second-order valence-electron chi connectivity index (χ2n) is 8.67. The highest BCUT2D eigenvalue weighted by Gasteiger charge is 2.16. The summed E-state index contributed by atoms with van der Waals surface area (Å²) >= 11 is 13.3. The first-order chi connectivity index (χ1) is 20.2. The van der Waals surface area contributed by atoms with E-state index in [1.165, 1.54) is 42.1 Å².